The zero-order chi connectivity index (χ0) is 13.1. The number of hydrogen-bond donors (Lipinski definition) is 1. The van der Waals surface area contributed by atoms with Crippen molar-refractivity contribution in [3.63, 3.8) is 0 Å². The van der Waals surface area contributed by atoms with E-state index in [-0.39, 0.29) is 0 Å². The summed E-state index contributed by atoms with van der Waals surface area (Å²) < 4.78 is 1.89. The van der Waals surface area contributed by atoms with Crippen molar-refractivity contribution >= 4 is 11.8 Å². The lowest BCUT2D eigenvalue weighted by molar-refractivity contribution is 0.251. The first-order chi connectivity index (χ1) is 8.60. The van der Waals surface area contributed by atoms with Gasteiger partial charge < -0.3 is 5.32 Å². The lowest BCUT2D eigenvalue weighted by Gasteiger charge is -2.37. The van der Waals surface area contributed by atoms with Gasteiger partial charge in [0.25, 0.3) is 0 Å². The minimum Gasteiger partial charge on any atom is -0.316 e. The van der Waals surface area contributed by atoms with Crippen LogP contribution in [0.1, 0.15) is 33.1 Å². The van der Waals surface area contributed by atoms with Crippen molar-refractivity contribution in [1.29, 1.82) is 0 Å². The summed E-state index contributed by atoms with van der Waals surface area (Å²) in [5, 5.41) is 8.44. The van der Waals surface area contributed by atoms with Crippen LogP contribution in [0, 0.1) is 11.8 Å². The first-order valence-electron chi connectivity index (χ1n) is 6.92. The molecule has 1 aliphatic carbocycles. The quantitative estimate of drug-likeness (QED) is 0.909. The molecular formula is C14H25N3S. The van der Waals surface area contributed by atoms with E-state index in [1.54, 1.807) is 0 Å². The van der Waals surface area contributed by atoms with Gasteiger partial charge >= 0.3 is 0 Å². The van der Waals surface area contributed by atoms with Crippen LogP contribution in [-0.2, 0) is 7.05 Å². The van der Waals surface area contributed by atoms with Crippen molar-refractivity contribution in [2.24, 2.45) is 18.9 Å². The van der Waals surface area contributed by atoms with Crippen LogP contribution < -0.4 is 5.32 Å². The Balaban J connectivity index is 2.02. The summed E-state index contributed by atoms with van der Waals surface area (Å²) in [6.45, 7) is 4.71. The van der Waals surface area contributed by atoms with Gasteiger partial charge in [0.05, 0.1) is 6.20 Å². The van der Waals surface area contributed by atoms with Crippen molar-refractivity contribution in [1.82, 2.24) is 15.1 Å². The highest BCUT2D eigenvalue weighted by Crippen LogP contribution is 2.38. The molecule has 0 bridgehead atoms. The van der Waals surface area contributed by atoms with Gasteiger partial charge in [0.15, 0.2) is 0 Å². The second-order valence-electron chi connectivity index (χ2n) is 5.72. The number of nitrogens with zero attached hydrogens (tertiary/aromatic N) is 2. The molecule has 1 fully saturated rings. The van der Waals surface area contributed by atoms with Crippen LogP contribution >= 0.6 is 11.8 Å². The number of thioether (sulfide) groups is 1. The number of nitrogens with one attached hydrogen (secondary N) is 1. The summed E-state index contributed by atoms with van der Waals surface area (Å²) in [7, 11) is 4.08. The van der Waals surface area contributed by atoms with Crippen LogP contribution in [0.5, 0.6) is 0 Å². The van der Waals surface area contributed by atoms with E-state index in [0.29, 0.717) is 11.3 Å². The third-order valence-electron chi connectivity index (χ3n) is 4.11. The van der Waals surface area contributed by atoms with Gasteiger partial charge in [-0.3, -0.25) is 4.68 Å². The van der Waals surface area contributed by atoms with Crippen LogP contribution in [0.2, 0.25) is 0 Å². The molecule has 0 aromatic carbocycles. The Labute approximate surface area is 115 Å². The van der Waals surface area contributed by atoms with E-state index in [2.05, 4.69) is 37.5 Å². The normalized spacial score (nSPS) is 28.8. The summed E-state index contributed by atoms with van der Waals surface area (Å²) in [5.41, 5.74) is 0. The average molecular weight is 267 g/mol. The fourth-order valence-corrected chi connectivity index (χ4v) is 4.31. The first kappa shape index (κ1) is 13.9. The molecule has 3 nitrogen and oxygen atoms in total. The highest BCUT2D eigenvalue weighted by molar-refractivity contribution is 8.00. The number of hydrogen-bond acceptors (Lipinski definition) is 3. The van der Waals surface area contributed by atoms with E-state index in [9.17, 15) is 0 Å². The molecule has 3 unspecified atom stereocenters. The van der Waals surface area contributed by atoms with Gasteiger partial charge in [-0.1, -0.05) is 13.8 Å². The van der Waals surface area contributed by atoms with E-state index >= 15 is 0 Å². The van der Waals surface area contributed by atoms with E-state index in [4.69, 9.17) is 0 Å². The summed E-state index contributed by atoms with van der Waals surface area (Å²) in [6, 6.07) is 0.644. The molecule has 0 aliphatic heterocycles. The van der Waals surface area contributed by atoms with Gasteiger partial charge in [0.1, 0.15) is 0 Å². The molecule has 0 amide bonds. The van der Waals surface area contributed by atoms with Gasteiger partial charge in [-0.25, -0.2) is 0 Å². The lowest BCUT2D eigenvalue weighted by Crippen LogP contribution is -2.41. The maximum Gasteiger partial charge on any atom is 0.0625 e. The third-order valence-corrected chi connectivity index (χ3v) is 5.42. The smallest absolute Gasteiger partial charge is 0.0625 e. The highest BCUT2D eigenvalue weighted by atomic mass is 32.2. The Kier molecular flexibility index (Phi) is 4.73. The molecule has 4 heteroatoms. The Morgan fingerprint density at radius 2 is 2.22 bits per heavy atom. The van der Waals surface area contributed by atoms with Crippen LogP contribution in [0.3, 0.4) is 0 Å². The molecule has 0 saturated heterocycles. The summed E-state index contributed by atoms with van der Waals surface area (Å²) in [6.07, 6.45) is 8.10. The largest absolute Gasteiger partial charge is 0.316 e. The van der Waals surface area contributed by atoms with Crippen molar-refractivity contribution in [2.75, 3.05) is 7.05 Å². The van der Waals surface area contributed by atoms with E-state index in [1.165, 1.54) is 24.2 Å². The first-order valence-corrected chi connectivity index (χ1v) is 7.80. The molecule has 0 spiro atoms. The lowest BCUT2D eigenvalue weighted by atomic mass is 9.79. The van der Waals surface area contributed by atoms with Crippen molar-refractivity contribution in [3.05, 3.63) is 12.4 Å². The molecule has 1 aliphatic rings. The van der Waals surface area contributed by atoms with Crippen LogP contribution in [-0.4, -0.2) is 28.1 Å². The van der Waals surface area contributed by atoms with Gasteiger partial charge in [0, 0.05) is 29.4 Å². The molecule has 1 N–H and O–H groups in total. The summed E-state index contributed by atoms with van der Waals surface area (Å²) in [4.78, 5) is 1.30. The second kappa shape index (κ2) is 6.11. The molecule has 3 atom stereocenters. The van der Waals surface area contributed by atoms with Crippen molar-refractivity contribution in [3.8, 4) is 0 Å². The molecule has 102 valence electrons. The Morgan fingerprint density at radius 1 is 1.44 bits per heavy atom. The predicted molar refractivity (Wildman–Crippen MR) is 77.9 cm³/mol. The van der Waals surface area contributed by atoms with Gasteiger partial charge in [-0.05, 0) is 38.1 Å². The Bertz CT molecular complexity index is 375. The van der Waals surface area contributed by atoms with Crippen molar-refractivity contribution < 1.29 is 0 Å². The minimum atomic E-state index is 0.644. The Hall–Kier alpha value is -0.480. The molecule has 1 heterocycles. The molecule has 0 radical (unpaired) electrons. The maximum absolute atomic E-state index is 4.26. The third kappa shape index (κ3) is 3.29. The van der Waals surface area contributed by atoms with Crippen LogP contribution in [0.25, 0.3) is 0 Å². The minimum absolute atomic E-state index is 0.644. The molecular weight excluding hydrogens is 242 g/mol. The number of aryl methyl sites for hydroxylation is 1. The predicted octanol–water partition coefficient (Wildman–Crippen LogP) is 2.92. The van der Waals surface area contributed by atoms with Crippen LogP contribution in [0.15, 0.2) is 17.3 Å². The number of aromatic nitrogens is 2. The molecule has 1 aromatic heterocycles. The SMILES string of the molecule is CNC1CCC(C(C)C)CC1Sc1cnn(C)c1. The van der Waals surface area contributed by atoms with Gasteiger partial charge in [-0.2, -0.15) is 5.10 Å². The fraction of sp³-hybridized carbons (Fsp3) is 0.786. The zero-order valence-corrected chi connectivity index (χ0v) is 12.7. The zero-order valence-electron chi connectivity index (χ0n) is 11.9. The molecule has 1 aromatic rings. The summed E-state index contributed by atoms with van der Waals surface area (Å²) in [5.74, 6) is 1.68. The van der Waals surface area contributed by atoms with Crippen molar-refractivity contribution in [2.45, 2.75) is 49.3 Å². The summed E-state index contributed by atoms with van der Waals surface area (Å²) >= 11 is 1.99. The topological polar surface area (TPSA) is 29.9 Å². The molecule has 2 rings (SSSR count). The fourth-order valence-electron chi connectivity index (χ4n) is 2.86. The van der Waals surface area contributed by atoms with E-state index < -0.39 is 0 Å². The molecule has 1 saturated carbocycles. The Morgan fingerprint density at radius 3 is 2.78 bits per heavy atom. The maximum atomic E-state index is 4.26. The van der Waals surface area contributed by atoms with Gasteiger partial charge in [0.2, 0.25) is 0 Å². The van der Waals surface area contributed by atoms with E-state index in [0.717, 1.165) is 11.8 Å². The highest BCUT2D eigenvalue weighted by Gasteiger charge is 2.31. The van der Waals surface area contributed by atoms with Crippen LogP contribution in [0.4, 0.5) is 0 Å². The average Bonchev–Trinajstić information content (AvgIpc) is 2.74. The van der Waals surface area contributed by atoms with E-state index in [1.807, 2.05) is 29.7 Å². The number of rotatable bonds is 4. The monoisotopic (exact) mass is 267 g/mol. The van der Waals surface area contributed by atoms with Gasteiger partial charge in [-0.15, -0.1) is 11.8 Å². The second-order valence-corrected chi connectivity index (χ2v) is 7.03. The standard InChI is InChI=1S/C14H25N3S/c1-10(2)11-5-6-13(15-3)14(7-11)18-12-8-16-17(4)9-12/h8-11,13-15H,5-7H2,1-4H3. The molecule has 18 heavy (non-hydrogen) atoms.